The fraction of sp³-hybridized carbons (Fsp3) is 0.636. The Bertz CT molecular complexity index is 388. The van der Waals surface area contributed by atoms with Gasteiger partial charge in [-0.3, -0.25) is 0 Å². The molecule has 1 saturated carbocycles. The van der Waals surface area contributed by atoms with Crippen molar-refractivity contribution in [3.63, 3.8) is 0 Å². The first-order valence-electron chi connectivity index (χ1n) is 5.55. The van der Waals surface area contributed by atoms with Crippen LogP contribution in [0.15, 0.2) is 6.33 Å². The van der Waals surface area contributed by atoms with Gasteiger partial charge in [0.1, 0.15) is 23.0 Å². The quantitative estimate of drug-likeness (QED) is 0.849. The SMILES string of the molecule is CC(C)C1(CNc2ncnc(N)c2Cl)CC1. The summed E-state index contributed by atoms with van der Waals surface area (Å²) < 4.78 is 0. The third-order valence-corrected chi connectivity index (χ3v) is 3.91. The monoisotopic (exact) mass is 240 g/mol. The summed E-state index contributed by atoms with van der Waals surface area (Å²) in [5, 5.41) is 3.69. The highest BCUT2D eigenvalue weighted by atomic mass is 35.5. The number of rotatable bonds is 4. The van der Waals surface area contributed by atoms with Gasteiger partial charge in [0.2, 0.25) is 0 Å². The Morgan fingerprint density at radius 1 is 1.50 bits per heavy atom. The topological polar surface area (TPSA) is 63.8 Å². The van der Waals surface area contributed by atoms with Gasteiger partial charge in [0, 0.05) is 6.54 Å². The summed E-state index contributed by atoms with van der Waals surface area (Å²) in [7, 11) is 0. The van der Waals surface area contributed by atoms with Crippen molar-refractivity contribution >= 4 is 23.2 Å². The lowest BCUT2D eigenvalue weighted by Crippen LogP contribution is -2.21. The van der Waals surface area contributed by atoms with E-state index in [4.69, 9.17) is 17.3 Å². The fourth-order valence-electron chi connectivity index (χ4n) is 1.89. The van der Waals surface area contributed by atoms with E-state index in [2.05, 4.69) is 29.1 Å². The van der Waals surface area contributed by atoms with Gasteiger partial charge in [-0.1, -0.05) is 25.4 Å². The highest BCUT2D eigenvalue weighted by Crippen LogP contribution is 2.51. The second-order valence-corrected chi connectivity index (χ2v) is 5.17. The van der Waals surface area contributed by atoms with Crippen LogP contribution in [0.5, 0.6) is 0 Å². The molecule has 1 aliphatic carbocycles. The Labute approximate surface area is 101 Å². The average molecular weight is 241 g/mol. The Hall–Kier alpha value is -1.03. The minimum absolute atomic E-state index is 0.327. The number of nitrogens with one attached hydrogen (secondary N) is 1. The summed E-state index contributed by atoms with van der Waals surface area (Å²) in [5.74, 6) is 1.65. The molecule has 4 nitrogen and oxygen atoms in total. The molecule has 88 valence electrons. The van der Waals surface area contributed by atoms with Crippen molar-refractivity contribution in [1.82, 2.24) is 9.97 Å². The molecular formula is C11H17ClN4. The van der Waals surface area contributed by atoms with Gasteiger partial charge < -0.3 is 11.1 Å². The molecule has 5 heteroatoms. The van der Waals surface area contributed by atoms with Gasteiger partial charge in [-0.05, 0) is 24.2 Å². The predicted molar refractivity (Wildman–Crippen MR) is 66.4 cm³/mol. The second kappa shape index (κ2) is 4.09. The number of nitrogens with two attached hydrogens (primary N) is 1. The van der Waals surface area contributed by atoms with Gasteiger partial charge in [0.15, 0.2) is 0 Å². The van der Waals surface area contributed by atoms with Crippen molar-refractivity contribution in [2.75, 3.05) is 17.6 Å². The van der Waals surface area contributed by atoms with Crippen molar-refractivity contribution in [3.05, 3.63) is 11.3 Å². The van der Waals surface area contributed by atoms with E-state index in [1.807, 2.05) is 0 Å². The summed E-state index contributed by atoms with van der Waals surface area (Å²) in [6.45, 7) is 5.41. The molecule has 0 radical (unpaired) electrons. The van der Waals surface area contributed by atoms with E-state index in [0.29, 0.717) is 28.0 Å². The van der Waals surface area contributed by atoms with Gasteiger partial charge in [0.25, 0.3) is 0 Å². The summed E-state index contributed by atoms with van der Waals surface area (Å²) in [6.07, 6.45) is 3.98. The third kappa shape index (κ3) is 2.07. The Balaban J connectivity index is 2.03. The van der Waals surface area contributed by atoms with E-state index in [0.717, 1.165) is 6.54 Å². The highest BCUT2D eigenvalue weighted by Gasteiger charge is 2.45. The molecule has 0 atom stereocenters. The molecule has 0 spiro atoms. The molecule has 1 fully saturated rings. The van der Waals surface area contributed by atoms with Crippen LogP contribution in [0.4, 0.5) is 11.6 Å². The molecule has 1 heterocycles. The van der Waals surface area contributed by atoms with Gasteiger partial charge in [-0.15, -0.1) is 0 Å². The molecule has 0 amide bonds. The van der Waals surface area contributed by atoms with Crippen LogP contribution in [0, 0.1) is 11.3 Å². The predicted octanol–water partition coefficient (Wildman–Crippen LogP) is 2.56. The number of nitrogens with zero attached hydrogens (tertiary/aromatic N) is 2. The maximum absolute atomic E-state index is 6.01. The van der Waals surface area contributed by atoms with E-state index in [1.165, 1.54) is 19.2 Å². The molecule has 2 rings (SSSR count). The number of hydrogen-bond acceptors (Lipinski definition) is 4. The summed E-state index contributed by atoms with van der Waals surface area (Å²) in [5.41, 5.74) is 6.03. The van der Waals surface area contributed by atoms with E-state index in [9.17, 15) is 0 Å². The molecule has 16 heavy (non-hydrogen) atoms. The second-order valence-electron chi connectivity index (χ2n) is 4.79. The summed E-state index contributed by atoms with van der Waals surface area (Å²) in [6, 6.07) is 0. The van der Waals surface area contributed by atoms with E-state index in [1.54, 1.807) is 0 Å². The van der Waals surface area contributed by atoms with Gasteiger partial charge >= 0.3 is 0 Å². The van der Waals surface area contributed by atoms with Crippen molar-refractivity contribution in [2.24, 2.45) is 11.3 Å². The molecule has 1 aliphatic rings. The number of halogens is 1. The lowest BCUT2D eigenvalue weighted by atomic mass is 9.92. The van der Waals surface area contributed by atoms with Crippen LogP contribution in [0.1, 0.15) is 26.7 Å². The van der Waals surface area contributed by atoms with E-state index >= 15 is 0 Å². The van der Waals surface area contributed by atoms with E-state index in [-0.39, 0.29) is 0 Å². The van der Waals surface area contributed by atoms with Gasteiger partial charge in [-0.25, -0.2) is 9.97 Å². The molecule has 0 bridgehead atoms. The van der Waals surface area contributed by atoms with Crippen LogP contribution in [0.2, 0.25) is 5.02 Å². The molecule has 1 aromatic heterocycles. The summed E-state index contributed by atoms with van der Waals surface area (Å²) in [4.78, 5) is 7.92. The zero-order valence-electron chi connectivity index (χ0n) is 9.63. The first-order chi connectivity index (χ1) is 7.55. The van der Waals surface area contributed by atoms with Gasteiger partial charge in [-0.2, -0.15) is 0 Å². The van der Waals surface area contributed by atoms with Crippen molar-refractivity contribution in [2.45, 2.75) is 26.7 Å². The maximum Gasteiger partial charge on any atom is 0.150 e. The molecule has 0 aromatic carbocycles. The number of anilines is 2. The molecular weight excluding hydrogens is 224 g/mol. The standard InChI is InChI=1S/C11H17ClN4/c1-7(2)11(3-4-11)5-14-10-8(12)9(13)15-6-16-10/h6-7H,3-5H2,1-2H3,(H3,13,14,15,16). The highest BCUT2D eigenvalue weighted by molar-refractivity contribution is 6.35. The van der Waals surface area contributed by atoms with Crippen molar-refractivity contribution in [3.8, 4) is 0 Å². The van der Waals surface area contributed by atoms with Crippen LogP contribution in [0.25, 0.3) is 0 Å². The fourth-order valence-corrected chi connectivity index (χ4v) is 2.05. The first-order valence-corrected chi connectivity index (χ1v) is 5.93. The van der Waals surface area contributed by atoms with Crippen LogP contribution in [0.3, 0.4) is 0 Å². The smallest absolute Gasteiger partial charge is 0.150 e. The molecule has 0 aliphatic heterocycles. The number of aromatic nitrogens is 2. The Morgan fingerprint density at radius 2 is 2.19 bits per heavy atom. The molecule has 0 unspecified atom stereocenters. The van der Waals surface area contributed by atoms with Crippen LogP contribution >= 0.6 is 11.6 Å². The largest absolute Gasteiger partial charge is 0.382 e. The van der Waals surface area contributed by atoms with Crippen LogP contribution in [-0.2, 0) is 0 Å². The lowest BCUT2D eigenvalue weighted by molar-refractivity contribution is 0.380. The normalized spacial score (nSPS) is 17.5. The minimum Gasteiger partial charge on any atom is -0.382 e. The number of nitrogen functional groups attached to an aromatic ring is 1. The molecule has 1 aromatic rings. The Morgan fingerprint density at radius 3 is 2.75 bits per heavy atom. The lowest BCUT2D eigenvalue weighted by Gasteiger charge is -2.20. The van der Waals surface area contributed by atoms with Crippen LogP contribution < -0.4 is 11.1 Å². The van der Waals surface area contributed by atoms with E-state index < -0.39 is 0 Å². The third-order valence-electron chi connectivity index (χ3n) is 3.54. The number of hydrogen-bond donors (Lipinski definition) is 2. The summed E-state index contributed by atoms with van der Waals surface area (Å²) >= 11 is 6.01. The average Bonchev–Trinajstić information content (AvgIpc) is 3.01. The zero-order chi connectivity index (χ0) is 11.8. The maximum atomic E-state index is 6.01. The minimum atomic E-state index is 0.327. The van der Waals surface area contributed by atoms with Gasteiger partial charge in [0.05, 0.1) is 0 Å². The van der Waals surface area contributed by atoms with Crippen LogP contribution in [-0.4, -0.2) is 16.5 Å². The molecule has 3 N–H and O–H groups in total. The Kier molecular flexibility index (Phi) is 2.93. The van der Waals surface area contributed by atoms with Crippen molar-refractivity contribution < 1.29 is 0 Å². The zero-order valence-corrected chi connectivity index (χ0v) is 10.4. The van der Waals surface area contributed by atoms with Crippen molar-refractivity contribution in [1.29, 1.82) is 0 Å². The first kappa shape index (κ1) is 11.5. The molecule has 0 saturated heterocycles.